The maximum Gasteiger partial charge on any atom is 0.229 e. The van der Waals surface area contributed by atoms with Gasteiger partial charge in [-0.05, 0) is 19.8 Å². The average Bonchev–Trinajstić information content (AvgIpc) is 2.93. The summed E-state index contributed by atoms with van der Waals surface area (Å²) < 4.78 is 1.99. The van der Waals surface area contributed by atoms with Gasteiger partial charge < -0.3 is 5.32 Å². The summed E-state index contributed by atoms with van der Waals surface area (Å²) in [6.07, 6.45) is 3.57. The van der Waals surface area contributed by atoms with E-state index in [2.05, 4.69) is 34.5 Å². The van der Waals surface area contributed by atoms with Gasteiger partial charge in [0.25, 0.3) is 0 Å². The summed E-state index contributed by atoms with van der Waals surface area (Å²) in [5, 5.41) is 13.8. The molecule has 0 fully saturated rings. The second kappa shape index (κ2) is 5.90. The summed E-state index contributed by atoms with van der Waals surface area (Å²) in [5.41, 5.74) is 3.68. The molecule has 1 amide bonds. The first kappa shape index (κ1) is 14.3. The Labute approximate surface area is 118 Å². The van der Waals surface area contributed by atoms with Crippen LogP contribution in [0.1, 0.15) is 30.8 Å². The Balaban J connectivity index is 2.09. The van der Waals surface area contributed by atoms with E-state index in [-0.39, 0.29) is 5.91 Å². The van der Waals surface area contributed by atoms with Crippen molar-refractivity contribution in [2.75, 3.05) is 5.32 Å². The number of aromatic nitrogens is 4. The molecule has 0 aromatic carbocycles. The number of H-pyrrole nitrogens is 1. The predicted octanol–water partition coefficient (Wildman–Crippen LogP) is 2.06. The number of amides is 1. The van der Waals surface area contributed by atoms with Crippen molar-refractivity contribution in [1.29, 1.82) is 0 Å². The molecule has 0 saturated heterocycles. The molecule has 0 aliphatic rings. The maximum absolute atomic E-state index is 12.0. The van der Waals surface area contributed by atoms with Crippen LogP contribution in [-0.4, -0.2) is 25.9 Å². The molecule has 0 aliphatic heterocycles. The van der Waals surface area contributed by atoms with Gasteiger partial charge in [0, 0.05) is 24.0 Å². The maximum atomic E-state index is 12.0. The quantitative estimate of drug-likeness (QED) is 0.877. The molecule has 108 valence electrons. The lowest BCUT2D eigenvalue weighted by Gasteiger charge is -2.08. The van der Waals surface area contributed by atoms with Crippen LogP contribution < -0.4 is 5.32 Å². The molecule has 6 heteroatoms. The molecule has 2 rings (SSSR count). The highest BCUT2D eigenvalue weighted by molar-refractivity contribution is 5.92. The first-order chi connectivity index (χ1) is 9.47. The Bertz CT molecular complexity index is 583. The van der Waals surface area contributed by atoms with E-state index in [1.807, 2.05) is 18.5 Å². The van der Waals surface area contributed by atoms with Gasteiger partial charge in [0.2, 0.25) is 5.91 Å². The van der Waals surface area contributed by atoms with E-state index in [1.165, 1.54) is 0 Å². The number of aryl methyl sites for hydroxylation is 1. The van der Waals surface area contributed by atoms with Crippen LogP contribution in [0, 0.1) is 19.8 Å². The molecule has 2 aromatic rings. The van der Waals surface area contributed by atoms with Crippen molar-refractivity contribution >= 4 is 11.6 Å². The molecule has 0 radical (unpaired) electrons. The average molecular weight is 275 g/mol. The standard InChI is InChI=1S/C14H21N5O/c1-9(2)8-19-11(4)13(10(3)18-19)5-14(20)17-12-6-15-16-7-12/h6-7,9H,5,8H2,1-4H3,(H,15,16)(H,17,20). The van der Waals surface area contributed by atoms with Gasteiger partial charge in [-0.3, -0.25) is 14.6 Å². The number of rotatable bonds is 5. The Morgan fingerprint density at radius 2 is 2.20 bits per heavy atom. The number of carbonyl (C=O) groups is 1. The fourth-order valence-electron chi connectivity index (χ4n) is 2.20. The van der Waals surface area contributed by atoms with Gasteiger partial charge in [-0.25, -0.2) is 0 Å². The molecule has 20 heavy (non-hydrogen) atoms. The minimum Gasteiger partial charge on any atom is -0.323 e. The molecule has 0 bridgehead atoms. The molecule has 6 nitrogen and oxygen atoms in total. The van der Waals surface area contributed by atoms with Crippen molar-refractivity contribution in [1.82, 2.24) is 20.0 Å². The van der Waals surface area contributed by atoms with E-state index in [0.717, 1.165) is 23.5 Å². The number of nitrogens with zero attached hydrogens (tertiary/aromatic N) is 3. The van der Waals surface area contributed by atoms with Gasteiger partial charge in [-0.15, -0.1) is 0 Å². The molecule has 0 saturated carbocycles. The smallest absolute Gasteiger partial charge is 0.229 e. The third-order valence-corrected chi connectivity index (χ3v) is 3.19. The minimum atomic E-state index is -0.0540. The van der Waals surface area contributed by atoms with Gasteiger partial charge in [-0.2, -0.15) is 10.2 Å². The van der Waals surface area contributed by atoms with Gasteiger partial charge >= 0.3 is 0 Å². The van der Waals surface area contributed by atoms with Crippen molar-refractivity contribution in [3.63, 3.8) is 0 Å². The molecular weight excluding hydrogens is 254 g/mol. The lowest BCUT2D eigenvalue weighted by Crippen LogP contribution is -2.15. The molecule has 0 unspecified atom stereocenters. The Kier molecular flexibility index (Phi) is 4.22. The highest BCUT2D eigenvalue weighted by atomic mass is 16.1. The lowest BCUT2D eigenvalue weighted by molar-refractivity contribution is -0.115. The second-order valence-corrected chi connectivity index (χ2v) is 5.44. The van der Waals surface area contributed by atoms with Crippen LogP contribution >= 0.6 is 0 Å². The van der Waals surface area contributed by atoms with Crippen LogP contribution in [0.5, 0.6) is 0 Å². The lowest BCUT2D eigenvalue weighted by atomic mass is 10.1. The Morgan fingerprint density at radius 1 is 1.45 bits per heavy atom. The zero-order valence-corrected chi connectivity index (χ0v) is 12.4. The van der Waals surface area contributed by atoms with Crippen molar-refractivity contribution in [3.05, 3.63) is 29.3 Å². The molecule has 2 N–H and O–H groups in total. The number of anilines is 1. The number of carbonyl (C=O) groups excluding carboxylic acids is 1. The van der Waals surface area contributed by atoms with Crippen LogP contribution in [0.15, 0.2) is 12.4 Å². The fraction of sp³-hybridized carbons (Fsp3) is 0.500. The van der Waals surface area contributed by atoms with Crippen molar-refractivity contribution in [3.8, 4) is 0 Å². The van der Waals surface area contributed by atoms with Crippen LogP contribution in [-0.2, 0) is 17.8 Å². The normalized spacial score (nSPS) is 11.1. The minimum absolute atomic E-state index is 0.0540. The number of aromatic amines is 1. The summed E-state index contributed by atoms with van der Waals surface area (Å²) in [6, 6.07) is 0. The van der Waals surface area contributed by atoms with E-state index in [9.17, 15) is 4.79 Å². The SMILES string of the molecule is Cc1nn(CC(C)C)c(C)c1CC(=O)Nc1cn[nH]c1. The zero-order chi connectivity index (χ0) is 14.7. The van der Waals surface area contributed by atoms with Crippen LogP contribution in [0.2, 0.25) is 0 Å². The summed E-state index contributed by atoms with van der Waals surface area (Å²) >= 11 is 0. The van der Waals surface area contributed by atoms with Gasteiger partial charge in [0.05, 0.1) is 24.0 Å². The van der Waals surface area contributed by atoms with Crippen LogP contribution in [0.4, 0.5) is 5.69 Å². The first-order valence-corrected chi connectivity index (χ1v) is 6.79. The third-order valence-electron chi connectivity index (χ3n) is 3.19. The number of nitrogens with one attached hydrogen (secondary N) is 2. The topological polar surface area (TPSA) is 75.6 Å². The first-order valence-electron chi connectivity index (χ1n) is 6.79. The van der Waals surface area contributed by atoms with E-state index in [4.69, 9.17) is 0 Å². The van der Waals surface area contributed by atoms with Crippen molar-refractivity contribution in [2.24, 2.45) is 5.92 Å². The molecule has 0 spiro atoms. The van der Waals surface area contributed by atoms with E-state index in [0.29, 0.717) is 18.0 Å². The van der Waals surface area contributed by atoms with Gasteiger partial charge in [-0.1, -0.05) is 13.8 Å². The van der Waals surface area contributed by atoms with Gasteiger partial charge in [0.1, 0.15) is 0 Å². The van der Waals surface area contributed by atoms with E-state index < -0.39 is 0 Å². The van der Waals surface area contributed by atoms with E-state index >= 15 is 0 Å². The highest BCUT2D eigenvalue weighted by Gasteiger charge is 2.15. The van der Waals surface area contributed by atoms with Crippen molar-refractivity contribution < 1.29 is 4.79 Å². The zero-order valence-electron chi connectivity index (χ0n) is 12.4. The molecule has 2 aromatic heterocycles. The number of hydrogen-bond donors (Lipinski definition) is 2. The molecule has 2 heterocycles. The molecular formula is C14H21N5O. The summed E-state index contributed by atoms with van der Waals surface area (Å²) in [4.78, 5) is 12.0. The fourth-order valence-corrected chi connectivity index (χ4v) is 2.20. The largest absolute Gasteiger partial charge is 0.323 e. The van der Waals surface area contributed by atoms with Crippen LogP contribution in [0.3, 0.4) is 0 Å². The Morgan fingerprint density at radius 3 is 2.80 bits per heavy atom. The highest BCUT2D eigenvalue weighted by Crippen LogP contribution is 2.16. The monoisotopic (exact) mass is 275 g/mol. The van der Waals surface area contributed by atoms with Crippen LogP contribution in [0.25, 0.3) is 0 Å². The summed E-state index contributed by atoms with van der Waals surface area (Å²) in [5.74, 6) is 0.474. The summed E-state index contributed by atoms with van der Waals surface area (Å²) in [7, 11) is 0. The molecule has 0 atom stereocenters. The second-order valence-electron chi connectivity index (χ2n) is 5.44. The predicted molar refractivity (Wildman–Crippen MR) is 77.5 cm³/mol. The van der Waals surface area contributed by atoms with E-state index in [1.54, 1.807) is 12.4 Å². The number of hydrogen-bond acceptors (Lipinski definition) is 3. The van der Waals surface area contributed by atoms with Crippen molar-refractivity contribution in [2.45, 2.75) is 40.7 Å². The molecule has 0 aliphatic carbocycles. The summed E-state index contributed by atoms with van der Waals surface area (Å²) in [6.45, 7) is 9.15. The van der Waals surface area contributed by atoms with Gasteiger partial charge in [0.15, 0.2) is 0 Å². The Hall–Kier alpha value is -2.11. The third kappa shape index (κ3) is 3.26.